The number of benzene rings is 1. The number of fused-ring (bicyclic) bond motifs is 1. The molecule has 0 unspecified atom stereocenters. The first kappa shape index (κ1) is 12.7. The molecule has 0 amide bonds. The molecular formula is C16H18N4. The Morgan fingerprint density at radius 1 is 1.10 bits per heavy atom. The van der Waals surface area contributed by atoms with E-state index in [0.29, 0.717) is 0 Å². The Bertz CT molecular complexity index is 697. The van der Waals surface area contributed by atoms with Gasteiger partial charge < -0.3 is 9.88 Å². The number of imidazole rings is 1. The van der Waals surface area contributed by atoms with Crippen molar-refractivity contribution in [3.05, 3.63) is 54.7 Å². The lowest BCUT2D eigenvalue weighted by atomic mass is 10.2. The lowest BCUT2D eigenvalue weighted by molar-refractivity contribution is 0.644. The molecule has 0 aliphatic heterocycles. The summed E-state index contributed by atoms with van der Waals surface area (Å²) in [6.45, 7) is 3.91. The molecule has 4 nitrogen and oxygen atoms in total. The summed E-state index contributed by atoms with van der Waals surface area (Å²) >= 11 is 0. The summed E-state index contributed by atoms with van der Waals surface area (Å²) in [5.74, 6) is 1.06. The zero-order chi connectivity index (χ0) is 13.8. The summed E-state index contributed by atoms with van der Waals surface area (Å²) in [4.78, 5) is 8.79. The summed E-state index contributed by atoms with van der Waals surface area (Å²) in [7, 11) is 0. The van der Waals surface area contributed by atoms with E-state index in [9.17, 15) is 0 Å². The van der Waals surface area contributed by atoms with Crippen LogP contribution in [-0.4, -0.2) is 14.5 Å². The Balaban J connectivity index is 1.81. The second kappa shape index (κ2) is 5.74. The van der Waals surface area contributed by atoms with Crippen LogP contribution in [0.15, 0.2) is 48.9 Å². The van der Waals surface area contributed by atoms with Gasteiger partial charge in [-0.25, -0.2) is 4.98 Å². The molecular weight excluding hydrogens is 248 g/mol. The Labute approximate surface area is 118 Å². The van der Waals surface area contributed by atoms with Crippen molar-refractivity contribution >= 4 is 16.6 Å². The fraction of sp³-hybridized carbons (Fsp3) is 0.250. The van der Waals surface area contributed by atoms with Crippen molar-refractivity contribution in [3.8, 4) is 0 Å². The third kappa shape index (κ3) is 2.50. The van der Waals surface area contributed by atoms with Crippen molar-refractivity contribution in [3.63, 3.8) is 0 Å². The number of nitrogens with zero attached hydrogens (tertiary/aromatic N) is 3. The summed E-state index contributed by atoms with van der Waals surface area (Å²) in [5, 5.41) is 4.61. The molecule has 0 bridgehead atoms. The average molecular weight is 266 g/mol. The van der Waals surface area contributed by atoms with Gasteiger partial charge >= 0.3 is 0 Å². The third-order valence-corrected chi connectivity index (χ3v) is 3.35. The van der Waals surface area contributed by atoms with E-state index >= 15 is 0 Å². The maximum atomic E-state index is 4.41. The molecule has 0 atom stereocenters. The van der Waals surface area contributed by atoms with Gasteiger partial charge in [-0.3, -0.25) is 4.98 Å². The van der Waals surface area contributed by atoms with Crippen LogP contribution >= 0.6 is 0 Å². The molecule has 0 aliphatic carbocycles. The van der Waals surface area contributed by atoms with Gasteiger partial charge in [-0.05, 0) is 30.7 Å². The zero-order valence-corrected chi connectivity index (χ0v) is 11.6. The minimum absolute atomic E-state index is 0.723. The standard InChI is InChI=1S/C16H18N4/c1-2-10-20-11-9-18-16(20)12-19-15-7-3-6-14-13(15)5-4-8-17-14/h3-9,11,19H,2,10,12H2,1H3. The lowest BCUT2D eigenvalue weighted by Gasteiger charge is -2.10. The molecule has 0 saturated carbocycles. The van der Waals surface area contributed by atoms with E-state index in [4.69, 9.17) is 0 Å². The summed E-state index contributed by atoms with van der Waals surface area (Å²) in [6, 6.07) is 10.2. The molecule has 20 heavy (non-hydrogen) atoms. The number of hydrogen-bond acceptors (Lipinski definition) is 3. The van der Waals surface area contributed by atoms with Gasteiger partial charge in [0.15, 0.2) is 0 Å². The minimum atomic E-state index is 0.723. The van der Waals surface area contributed by atoms with Crippen LogP contribution in [0.4, 0.5) is 5.69 Å². The Morgan fingerprint density at radius 3 is 2.95 bits per heavy atom. The van der Waals surface area contributed by atoms with Crippen LogP contribution < -0.4 is 5.32 Å². The average Bonchev–Trinajstić information content (AvgIpc) is 2.93. The Morgan fingerprint density at radius 2 is 2.05 bits per heavy atom. The highest BCUT2D eigenvalue weighted by atomic mass is 15.1. The number of pyridine rings is 1. The molecule has 4 heteroatoms. The first-order valence-electron chi connectivity index (χ1n) is 6.96. The molecule has 3 aromatic rings. The first-order chi connectivity index (χ1) is 9.88. The fourth-order valence-corrected chi connectivity index (χ4v) is 2.38. The number of hydrogen-bond donors (Lipinski definition) is 1. The molecule has 0 radical (unpaired) electrons. The number of aromatic nitrogens is 3. The molecule has 0 spiro atoms. The number of anilines is 1. The smallest absolute Gasteiger partial charge is 0.128 e. The predicted octanol–water partition coefficient (Wildman–Crippen LogP) is 3.45. The van der Waals surface area contributed by atoms with Crippen LogP contribution in [0.25, 0.3) is 10.9 Å². The highest BCUT2D eigenvalue weighted by molar-refractivity contribution is 5.91. The van der Waals surface area contributed by atoms with E-state index < -0.39 is 0 Å². The molecule has 1 aromatic carbocycles. The van der Waals surface area contributed by atoms with Crippen molar-refractivity contribution in [2.75, 3.05) is 5.32 Å². The summed E-state index contributed by atoms with van der Waals surface area (Å²) in [5.41, 5.74) is 2.11. The molecule has 1 N–H and O–H groups in total. The van der Waals surface area contributed by atoms with Gasteiger partial charge in [0.2, 0.25) is 0 Å². The van der Waals surface area contributed by atoms with Gasteiger partial charge in [0.25, 0.3) is 0 Å². The second-order valence-electron chi connectivity index (χ2n) is 4.77. The Kier molecular flexibility index (Phi) is 3.63. The molecule has 0 fully saturated rings. The fourth-order valence-electron chi connectivity index (χ4n) is 2.38. The highest BCUT2D eigenvalue weighted by Gasteiger charge is 2.04. The van der Waals surface area contributed by atoms with Crippen LogP contribution in [0.3, 0.4) is 0 Å². The molecule has 102 valence electrons. The van der Waals surface area contributed by atoms with E-state index in [-0.39, 0.29) is 0 Å². The molecule has 0 aliphatic rings. The lowest BCUT2D eigenvalue weighted by Crippen LogP contribution is -2.08. The number of aryl methyl sites for hydroxylation is 1. The van der Waals surface area contributed by atoms with Crippen molar-refractivity contribution in [1.29, 1.82) is 0 Å². The highest BCUT2D eigenvalue weighted by Crippen LogP contribution is 2.21. The second-order valence-corrected chi connectivity index (χ2v) is 4.77. The Hall–Kier alpha value is -2.36. The monoisotopic (exact) mass is 266 g/mol. The van der Waals surface area contributed by atoms with Gasteiger partial charge in [-0.2, -0.15) is 0 Å². The van der Waals surface area contributed by atoms with Gasteiger partial charge in [-0.1, -0.05) is 13.0 Å². The quantitative estimate of drug-likeness (QED) is 0.769. The maximum Gasteiger partial charge on any atom is 0.128 e. The number of nitrogens with one attached hydrogen (secondary N) is 1. The minimum Gasteiger partial charge on any atom is -0.377 e. The van der Waals surface area contributed by atoms with Crippen LogP contribution in [0.5, 0.6) is 0 Å². The van der Waals surface area contributed by atoms with Crippen molar-refractivity contribution in [2.45, 2.75) is 26.4 Å². The molecule has 0 saturated heterocycles. The molecule has 3 rings (SSSR count). The normalized spacial score (nSPS) is 10.8. The van der Waals surface area contributed by atoms with Crippen molar-refractivity contribution < 1.29 is 0 Å². The topological polar surface area (TPSA) is 42.7 Å². The first-order valence-corrected chi connectivity index (χ1v) is 6.96. The SMILES string of the molecule is CCCn1ccnc1CNc1cccc2ncccc12. The zero-order valence-electron chi connectivity index (χ0n) is 11.6. The van der Waals surface area contributed by atoms with E-state index in [1.807, 2.05) is 36.8 Å². The van der Waals surface area contributed by atoms with E-state index in [1.54, 1.807) is 0 Å². The van der Waals surface area contributed by atoms with E-state index in [1.165, 1.54) is 0 Å². The largest absolute Gasteiger partial charge is 0.377 e. The van der Waals surface area contributed by atoms with Crippen LogP contribution in [0.2, 0.25) is 0 Å². The third-order valence-electron chi connectivity index (χ3n) is 3.35. The molecule has 2 heterocycles. The summed E-state index contributed by atoms with van der Waals surface area (Å²) in [6.07, 6.45) is 6.82. The van der Waals surface area contributed by atoms with Gasteiger partial charge in [0.05, 0.1) is 12.1 Å². The number of rotatable bonds is 5. The van der Waals surface area contributed by atoms with E-state index in [2.05, 4.69) is 38.9 Å². The summed E-state index contributed by atoms with van der Waals surface area (Å²) < 4.78 is 2.19. The van der Waals surface area contributed by atoms with Crippen molar-refractivity contribution in [2.24, 2.45) is 0 Å². The molecule has 2 aromatic heterocycles. The maximum absolute atomic E-state index is 4.41. The van der Waals surface area contributed by atoms with Crippen LogP contribution in [0, 0.1) is 0 Å². The van der Waals surface area contributed by atoms with Gasteiger partial charge in [0, 0.05) is 36.2 Å². The van der Waals surface area contributed by atoms with Crippen LogP contribution in [0.1, 0.15) is 19.2 Å². The van der Waals surface area contributed by atoms with E-state index in [0.717, 1.165) is 41.9 Å². The van der Waals surface area contributed by atoms with Crippen LogP contribution in [-0.2, 0) is 13.1 Å². The van der Waals surface area contributed by atoms with Gasteiger partial charge in [0.1, 0.15) is 5.82 Å². The predicted molar refractivity (Wildman–Crippen MR) is 81.6 cm³/mol. The van der Waals surface area contributed by atoms with Crippen molar-refractivity contribution in [1.82, 2.24) is 14.5 Å². The van der Waals surface area contributed by atoms with Gasteiger partial charge in [-0.15, -0.1) is 0 Å².